The highest BCUT2D eigenvalue weighted by molar-refractivity contribution is 6.32. The van der Waals surface area contributed by atoms with Crippen LogP contribution in [-0.4, -0.2) is 33.8 Å². The summed E-state index contributed by atoms with van der Waals surface area (Å²) < 4.78 is 12.8. The number of benzene rings is 2. The van der Waals surface area contributed by atoms with E-state index in [-0.39, 0.29) is 0 Å². The summed E-state index contributed by atoms with van der Waals surface area (Å²) in [6.45, 7) is 4.00. The highest BCUT2D eigenvalue weighted by Crippen LogP contribution is 2.41. The number of halogens is 1. The van der Waals surface area contributed by atoms with Crippen molar-refractivity contribution in [3.63, 3.8) is 0 Å². The summed E-state index contributed by atoms with van der Waals surface area (Å²) >= 11 is 6.73. The maximum absolute atomic E-state index is 6.73. The van der Waals surface area contributed by atoms with Gasteiger partial charge in [-0.25, -0.2) is 4.98 Å². The van der Waals surface area contributed by atoms with Gasteiger partial charge in [0.05, 0.1) is 31.0 Å². The molecule has 7 heteroatoms. The predicted octanol–water partition coefficient (Wildman–Crippen LogP) is 6.82. The van der Waals surface area contributed by atoms with Gasteiger partial charge < -0.3 is 9.47 Å². The molecular formula is C27H25ClN4O2. The van der Waals surface area contributed by atoms with Crippen molar-refractivity contribution in [2.75, 3.05) is 14.2 Å². The van der Waals surface area contributed by atoms with Gasteiger partial charge in [-0.05, 0) is 35.4 Å². The van der Waals surface area contributed by atoms with E-state index in [0.29, 0.717) is 27.9 Å². The lowest BCUT2D eigenvalue weighted by Gasteiger charge is -2.12. The van der Waals surface area contributed by atoms with Crippen LogP contribution < -0.4 is 9.47 Å². The fourth-order valence-electron chi connectivity index (χ4n) is 3.74. The minimum Gasteiger partial charge on any atom is -0.497 e. The standard InChI is InChI=1S/C25H19ClN4O2.C2H6/c1-31-18-13-11-17(12-14-18)21-23(26)28-24-20(16-8-4-3-5-9-16)22(19-10-6-7-15-27-19)29-30(24)25(21)32-2;1-2/h3-15H,1-2H3;1-2H3. The number of rotatable bonds is 5. The van der Waals surface area contributed by atoms with Crippen LogP contribution in [0, 0.1) is 0 Å². The number of aromatic nitrogens is 4. The molecule has 34 heavy (non-hydrogen) atoms. The Labute approximate surface area is 203 Å². The molecule has 2 aromatic carbocycles. The van der Waals surface area contributed by atoms with Crippen LogP contribution in [-0.2, 0) is 0 Å². The predicted molar refractivity (Wildman–Crippen MR) is 137 cm³/mol. The molecule has 172 valence electrons. The molecule has 0 atom stereocenters. The molecule has 0 aliphatic rings. The summed E-state index contributed by atoms with van der Waals surface area (Å²) in [7, 11) is 3.23. The SMILES string of the molecule is CC.COc1ccc(-c2c(Cl)nc3c(-c4ccccc4)c(-c4ccccn4)nn3c2OC)cc1. The molecule has 5 aromatic rings. The Morgan fingerprint density at radius 1 is 0.765 bits per heavy atom. The maximum Gasteiger partial charge on any atom is 0.227 e. The topological polar surface area (TPSA) is 61.5 Å². The minimum absolute atomic E-state index is 0.323. The Kier molecular flexibility index (Phi) is 7.09. The molecule has 5 rings (SSSR count). The third kappa shape index (κ3) is 4.20. The van der Waals surface area contributed by atoms with E-state index in [1.807, 2.05) is 86.6 Å². The minimum atomic E-state index is 0.323. The molecule has 0 saturated carbocycles. The highest BCUT2D eigenvalue weighted by Gasteiger charge is 2.25. The quantitative estimate of drug-likeness (QED) is 0.262. The van der Waals surface area contributed by atoms with Crippen LogP contribution in [0.25, 0.3) is 39.3 Å². The van der Waals surface area contributed by atoms with Crippen molar-refractivity contribution in [3.05, 3.63) is 84.1 Å². The Morgan fingerprint density at radius 3 is 2.06 bits per heavy atom. The Morgan fingerprint density at radius 2 is 1.44 bits per heavy atom. The van der Waals surface area contributed by atoms with Gasteiger partial charge in [0.25, 0.3) is 0 Å². The summed E-state index contributed by atoms with van der Waals surface area (Å²) in [5, 5.41) is 5.20. The molecule has 3 heterocycles. The van der Waals surface area contributed by atoms with Gasteiger partial charge in [0.1, 0.15) is 16.6 Å². The molecule has 0 amide bonds. The molecule has 0 unspecified atom stereocenters. The summed E-state index contributed by atoms with van der Waals surface area (Å²) in [6.07, 6.45) is 1.74. The molecule has 0 radical (unpaired) electrons. The zero-order valence-corrected chi connectivity index (χ0v) is 20.2. The summed E-state index contributed by atoms with van der Waals surface area (Å²) in [4.78, 5) is 9.27. The lowest BCUT2D eigenvalue weighted by atomic mass is 10.0. The number of hydrogen-bond acceptors (Lipinski definition) is 5. The average Bonchev–Trinajstić information content (AvgIpc) is 3.29. The highest BCUT2D eigenvalue weighted by atomic mass is 35.5. The van der Waals surface area contributed by atoms with E-state index in [1.54, 1.807) is 24.9 Å². The van der Waals surface area contributed by atoms with Gasteiger partial charge in [0, 0.05) is 6.20 Å². The second kappa shape index (κ2) is 10.4. The third-order valence-electron chi connectivity index (χ3n) is 5.22. The van der Waals surface area contributed by atoms with E-state index in [4.69, 9.17) is 31.2 Å². The lowest BCUT2D eigenvalue weighted by Crippen LogP contribution is -2.02. The Balaban J connectivity index is 0.00000133. The molecule has 0 spiro atoms. The first-order chi connectivity index (χ1) is 16.7. The van der Waals surface area contributed by atoms with E-state index in [9.17, 15) is 0 Å². The van der Waals surface area contributed by atoms with Gasteiger partial charge in [-0.3, -0.25) is 4.98 Å². The Hall–Kier alpha value is -3.90. The van der Waals surface area contributed by atoms with Gasteiger partial charge in [-0.15, -0.1) is 0 Å². The van der Waals surface area contributed by atoms with Crippen LogP contribution in [0.1, 0.15) is 13.8 Å². The van der Waals surface area contributed by atoms with Gasteiger partial charge in [0.2, 0.25) is 5.88 Å². The fourth-order valence-corrected chi connectivity index (χ4v) is 4.01. The molecule has 3 aromatic heterocycles. The molecule has 0 aliphatic heterocycles. The van der Waals surface area contributed by atoms with E-state index in [0.717, 1.165) is 28.1 Å². The molecule has 0 aliphatic carbocycles. The Bertz CT molecular complexity index is 1390. The van der Waals surface area contributed by atoms with E-state index < -0.39 is 0 Å². The van der Waals surface area contributed by atoms with Crippen LogP contribution in [0.4, 0.5) is 0 Å². The number of ether oxygens (including phenoxy) is 2. The smallest absolute Gasteiger partial charge is 0.227 e. The normalized spacial score (nSPS) is 10.5. The van der Waals surface area contributed by atoms with Crippen molar-refractivity contribution in [2.45, 2.75) is 13.8 Å². The van der Waals surface area contributed by atoms with E-state index in [2.05, 4.69) is 4.98 Å². The monoisotopic (exact) mass is 472 g/mol. The van der Waals surface area contributed by atoms with Gasteiger partial charge >= 0.3 is 0 Å². The van der Waals surface area contributed by atoms with Crippen LogP contribution >= 0.6 is 11.6 Å². The number of pyridine rings is 1. The summed E-state index contributed by atoms with van der Waals surface area (Å²) in [6, 6.07) is 23.3. The molecule has 0 N–H and O–H groups in total. The zero-order chi connectivity index (χ0) is 24.1. The first-order valence-corrected chi connectivity index (χ1v) is 11.4. The van der Waals surface area contributed by atoms with Crippen molar-refractivity contribution in [3.8, 4) is 45.3 Å². The average molecular weight is 473 g/mol. The third-order valence-corrected chi connectivity index (χ3v) is 5.49. The maximum atomic E-state index is 6.73. The van der Waals surface area contributed by atoms with E-state index >= 15 is 0 Å². The summed E-state index contributed by atoms with van der Waals surface area (Å²) in [5.74, 6) is 1.24. The molecule has 0 saturated heterocycles. The van der Waals surface area contributed by atoms with Gasteiger partial charge in [0.15, 0.2) is 5.65 Å². The molecule has 6 nitrogen and oxygen atoms in total. The van der Waals surface area contributed by atoms with Crippen molar-refractivity contribution >= 4 is 17.2 Å². The molecular weight excluding hydrogens is 448 g/mol. The van der Waals surface area contributed by atoms with Crippen molar-refractivity contribution in [1.29, 1.82) is 0 Å². The first-order valence-electron chi connectivity index (χ1n) is 11.0. The van der Waals surface area contributed by atoms with Crippen LogP contribution in [0.5, 0.6) is 11.6 Å². The van der Waals surface area contributed by atoms with Crippen molar-refractivity contribution in [2.24, 2.45) is 0 Å². The summed E-state index contributed by atoms with van der Waals surface area (Å²) in [5.41, 5.74) is 5.33. The number of hydrogen-bond donors (Lipinski definition) is 0. The van der Waals surface area contributed by atoms with Crippen LogP contribution in [0.3, 0.4) is 0 Å². The lowest BCUT2D eigenvalue weighted by molar-refractivity contribution is 0.387. The van der Waals surface area contributed by atoms with Crippen LogP contribution in [0.2, 0.25) is 5.15 Å². The number of nitrogens with zero attached hydrogens (tertiary/aromatic N) is 4. The van der Waals surface area contributed by atoms with Crippen molar-refractivity contribution < 1.29 is 9.47 Å². The number of fused-ring (bicyclic) bond motifs is 1. The first kappa shape index (κ1) is 23.3. The number of methoxy groups -OCH3 is 2. The van der Waals surface area contributed by atoms with Gasteiger partial charge in [-0.2, -0.15) is 9.61 Å². The second-order valence-electron chi connectivity index (χ2n) is 7.06. The van der Waals surface area contributed by atoms with Crippen molar-refractivity contribution in [1.82, 2.24) is 19.6 Å². The fraction of sp³-hybridized carbons (Fsp3) is 0.148. The van der Waals surface area contributed by atoms with Crippen LogP contribution in [0.15, 0.2) is 79.0 Å². The largest absolute Gasteiger partial charge is 0.497 e. The molecule has 0 bridgehead atoms. The second-order valence-corrected chi connectivity index (χ2v) is 7.41. The zero-order valence-electron chi connectivity index (χ0n) is 19.5. The van der Waals surface area contributed by atoms with E-state index in [1.165, 1.54) is 0 Å². The molecule has 0 fully saturated rings. The van der Waals surface area contributed by atoms with Gasteiger partial charge in [-0.1, -0.05) is 74.0 Å².